The van der Waals surface area contributed by atoms with Crippen LogP contribution in [0.1, 0.15) is 187 Å². The molecule has 0 heterocycles. The smallest absolute Gasteiger partial charge is 0.462 e. The van der Waals surface area contributed by atoms with Crippen molar-refractivity contribution in [1.82, 2.24) is 0 Å². The van der Waals surface area contributed by atoms with Crippen molar-refractivity contribution < 1.29 is 42.1 Å². The predicted octanol–water partition coefficient (Wildman–Crippen LogP) is 11.4. The molecule has 0 aromatic carbocycles. The molecule has 0 aliphatic carbocycles. The fourth-order valence-electron chi connectivity index (χ4n) is 5.71. The number of likely N-dealkylation sites (N-methyl/N-ethyl adjacent to an activating group) is 1. The standard InChI is InChI=1S/C41H80NO8P/c1-6-8-10-12-14-16-18-19-20-21-22-23-24-26-28-30-32-34-41(44)50-39(38-49-51(45,46)48-36-35-42(3,4)5)37-47-40(43)33-31-29-27-25-17-15-13-11-9-7-2/h16,18,39H,6-15,17,19-38H2,1-5H3/p+1/b18-16+/t39-/m1/s1. The van der Waals surface area contributed by atoms with Gasteiger partial charge in [0.1, 0.15) is 19.8 Å². The monoisotopic (exact) mass is 747 g/mol. The minimum absolute atomic E-state index is 0.0342. The molecule has 0 spiro atoms. The normalized spacial score (nSPS) is 13.8. The van der Waals surface area contributed by atoms with Crippen molar-refractivity contribution in [1.29, 1.82) is 0 Å². The molecule has 51 heavy (non-hydrogen) atoms. The van der Waals surface area contributed by atoms with Crippen LogP contribution in [0.5, 0.6) is 0 Å². The first-order chi connectivity index (χ1) is 24.5. The summed E-state index contributed by atoms with van der Waals surface area (Å²) in [6, 6.07) is 0. The summed E-state index contributed by atoms with van der Waals surface area (Å²) in [5.74, 6) is -0.796. The maximum atomic E-state index is 12.6. The maximum absolute atomic E-state index is 12.6. The van der Waals surface area contributed by atoms with Gasteiger partial charge in [-0.25, -0.2) is 4.57 Å². The van der Waals surface area contributed by atoms with Gasteiger partial charge in [0.25, 0.3) is 0 Å². The maximum Gasteiger partial charge on any atom is 0.472 e. The zero-order chi connectivity index (χ0) is 37.9. The second-order valence-electron chi connectivity index (χ2n) is 15.4. The Bertz CT molecular complexity index is 891. The van der Waals surface area contributed by atoms with E-state index >= 15 is 0 Å². The molecule has 9 nitrogen and oxygen atoms in total. The topological polar surface area (TPSA) is 108 Å². The number of allylic oxidation sites excluding steroid dienone is 2. The van der Waals surface area contributed by atoms with E-state index in [1.54, 1.807) is 0 Å². The number of ether oxygens (including phenoxy) is 2. The Morgan fingerprint density at radius 2 is 1.00 bits per heavy atom. The highest BCUT2D eigenvalue weighted by atomic mass is 31.2. The van der Waals surface area contributed by atoms with Crippen molar-refractivity contribution in [3.63, 3.8) is 0 Å². The molecule has 0 aromatic rings. The highest BCUT2D eigenvalue weighted by molar-refractivity contribution is 7.47. The summed E-state index contributed by atoms with van der Waals surface area (Å²) in [5.41, 5.74) is 0. The third-order valence-electron chi connectivity index (χ3n) is 9.05. The summed E-state index contributed by atoms with van der Waals surface area (Å²) in [7, 11) is 1.48. The molecule has 0 aromatic heterocycles. The Balaban J connectivity index is 4.34. The minimum atomic E-state index is -4.36. The van der Waals surface area contributed by atoms with Gasteiger partial charge < -0.3 is 18.9 Å². The van der Waals surface area contributed by atoms with Gasteiger partial charge in [0, 0.05) is 12.8 Å². The number of nitrogens with zero attached hydrogens (tertiary/aromatic N) is 1. The molecule has 302 valence electrons. The molecule has 10 heteroatoms. The van der Waals surface area contributed by atoms with Crippen LogP contribution in [0.2, 0.25) is 0 Å². The van der Waals surface area contributed by atoms with E-state index in [-0.39, 0.29) is 25.6 Å². The summed E-state index contributed by atoms with van der Waals surface area (Å²) >= 11 is 0. The van der Waals surface area contributed by atoms with Crippen molar-refractivity contribution in [2.45, 2.75) is 193 Å². The van der Waals surface area contributed by atoms with Crippen molar-refractivity contribution in [3.05, 3.63) is 12.2 Å². The van der Waals surface area contributed by atoms with E-state index in [1.807, 2.05) is 21.1 Å². The average Bonchev–Trinajstić information content (AvgIpc) is 3.07. The molecule has 1 unspecified atom stereocenters. The van der Waals surface area contributed by atoms with Gasteiger partial charge in [0.15, 0.2) is 6.10 Å². The van der Waals surface area contributed by atoms with Crippen LogP contribution in [0, 0.1) is 0 Å². The number of unbranched alkanes of at least 4 members (excludes halogenated alkanes) is 22. The summed E-state index contributed by atoms with van der Waals surface area (Å²) < 4.78 is 34.2. The average molecular weight is 747 g/mol. The highest BCUT2D eigenvalue weighted by Gasteiger charge is 2.27. The molecule has 0 aliphatic rings. The molecular weight excluding hydrogens is 665 g/mol. The van der Waals surface area contributed by atoms with E-state index in [1.165, 1.54) is 116 Å². The van der Waals surface area contributed by atoms with Gasteiger partial charge in [0.05, 0.1) is 27.7 Å². The van der Waals surface area contributed by atoms with Gasteiger partial charge in [0.2, 0.25) is 0 Å². The molecule has 2 atom stereocenters. The van der Waals surface area contributed by atoms with Crippen molar-refractivity contribution in [2.75, 3.05) is 47.5 Å². The molecule has 0 aliphatic heterocycles. The third kappa shape index (κ3) is 38.3. The lowest BCUT2D eigenvalue weighted by molar-refractivity contribution is -0.870. The van der Waals surface area contributed by atoms with Crippen molar-refractivity contribution in [3.8, 4) is 0 Å². The van der Waals surface area contributed by atoms with Gasteiger partial charge in [-0.05, 0) is 38.5 Å². The summed E-state index contributed by atoms with van der Waals surface area (Å²) in [5, 5.41) is 0. The van der Waals surface area contributed by atoms with E-state index in [2.05, 4.69) is 26.0 Å². The number of phosphoric ester groups is 1. The van der Waals surface area contributed by atoms with E-state index in [4.69, 9.17) is 18.5 Å². The Morgan fingerprint density at radius 1 is 0.588 bits per heavy atom. The predicted molar refractivity (Wildman–Crippen MR) is 211 cm³/mol. The minimum Gasteiger partial charge on any atom is -0.462 e. The molecule has 0 radical (unpaired) electrons. The van der Waals surface area contributed by atoms with Gasteiger partial charge in [-0.15, -0.1) is 0 Å². The molecule has 0 amide bonds. The Morgan fingerprint density at radius 3 is 1.47 bits per heavy atom. The number of esters is 2. The van der Waals surface area contributed by atoms with E-state index in [9.17, 15) is 19.0 Å². The zero-order valence-electron chi connectivity index (χ0n) is 33.9. The summed E-state index contributed by atoms with van der Waals surface area (Å²) in [6.07, 6.45) is 34.0. The largest absolute Gasteiger partial charge is 0.472 e. The first-order valence-electron chi connectivity index (χ1n) is 20.9. The van der Waals surface area contributed by atoms with E-state index < -0.39 is 26.5 Å². The lowest BCUT2D eigenvalue weighted by atomic mass is 10.1. The number of hydrogen-bond donors (Lipinski definition) is 1. The SMILES string of the molecule is CCCCCC/C=C/CCCCCCCCCCCC(=O)O[C@H](COC(=O)CCCCCCCCCCCC)COP(=O)(O)OCC[N+](C)(C)C. The van der Waals surface area contributed by atoms with Crippen LogP contribution in [0.25, 0.3) is 0 Å². The first kappa shape index (κ1) is 49.8. The van der Waals surface area contributed by atoms with E-state index in [0.29, 0.717) is 23.9 Å². The number of phosphoric acid groups is 1. The molecular formula is C41H81NO8P+. The number of carbonyl (C=O) groups excluding carboxylic acids is 2. The molecule has 0 bridgehead atoms. The third-order valence-corrected chi connectivity index (χ3v) is 10.0. The van der Waals surface area contributed by atoms with Crippen LogP contribution in [-0.2, 0) is 32.7 Å². The highest BCUT2D eigenvalue weighted by Crippen LogP contribution is 2.43. The van der Waals surface area contributed by atoms with Gasteiger partial charge in [-0.2, -0.15) is 0 Å². The van der Waals surface area contributed by atoms with Crippen LogP contribution in [0.4, 0.5) is 0 Å². The quantitative estimate of drug-likeness (QED) is 0.0219. The van der Waals surface area contributed by atoms with Gasteiger partial charge in [-0.3, -0.25) is 18.6 Å². The van der Waals surface area contributed by atoms with Gasteiger partial charge >= 0.3 is 19.8 Å². The first-order valence-corrected chi connectivity index (χ1v) is 22.4. The molecule has 0 saturated carbocycles. The van der Waals surface area contributed by atoms with Crippen LogP contribution >= 0.6 is 7.82 Å². The zero-order valence-corrected chi connectivity index (χ0v) is 34.7. The molecule has 0 fully saturated rings. The number of rotatable bonds is 38. The second kappa shape index (κ2) is 34.5. The number of hydrogen-bond acceptors (Lipinski definition) is 7. The lowest BCUT2D eigenvalue weighted by Crippen LogP contribution is -2.37. The molecule has 1 N–H and O–H groups in total. The van der Waals surface area contributed by atoms with Crippen LogP contribution in [-0.4, -0.2) is 74.9 Å². The van der Waals surface area contributed by atoms with Gasteiger partial charge in [-0.1, -0.05) is 148 Å². The lowest BCUT2D eigenvalue weighted by Gasteiger charge is -2.24. The van der Waals surface area contributed by atoms with Crippen molar-refractivity contribution >= 4 is 19.8 Å². The Kier molecular flexibility index (Phi) is 33.7. The Labute approximate surface area is 314 Å². The summed E-state index contributed by atoms with van der Waals surface area (Å²) in [6.45, 7) is 4.40. The fraction of sp³-hybridized carbons (Fsp3) is 0.902. The van der Waals surface area contributed by atoms with Crippen LogP contribution in [0.3, 0.4) is 0 Å². The molecule has 0 rings (SSSR count). The van der Waals surface area contributed by atoms with E-state index in [0.717, 1.165) is 38.5 Å². The Hall–Kier alpha value is -1.25. The molecule has 0 saturated heterocycles. The second-order valence-corrected chi connectivity index (χ2v) is 16.8. The number of carbonyl (C=O) groups is 2. The number of quaternary nitrogens is 1. The van der Waals surface area contributed by atoms with Crippen molar-refractivity contribution in [2.24, 2.45) is 0 Å². The van der Waals surface area contributed by atoms with Crippen LogP contribution in [0.15, 0.2) is 12.2 Å². The fourth-order valence-corrected chi connectivity index (χ4v) is 6.46. The van der Waals surface area contributed by atoms with Crippen LogP contribution < -0.4 is 0 Å². The summed E-state index contributed by atoms with van der Waals surface area (Å²) in [4.78, 5) is 35.2.